The van der Waals surface area contributed by atoms with Gasteiger partial charge in [-0.3, -0.25) is 0 Å². The quantitative estimate of drug-likeness (QED) is 0.757. The van der Waals surface area contributed by atoms with E-state index in [4.69, 9.17) is 10.2 Å². The summed E-state index contributed by atoms with van der Waals surface area (Å²) in [5.41, 5.74) is 6.01. The lowest BCUT2D eigenvalue weighted by atomic mass is 9.96. The molecule has 1 aliphatic rings. The molecule has 0 saturated heterocycles. The lowest BCUT2D eigenvalue weighted by Crippen LogP contribution is -2.44. The van der Waals surface area contributed by atoms with Crippen LogP contribution in [0.2, 0.25) is 18.1 Å². The average Bonchev–Trinajstić information content (AvgIpc) is 2.11. The standard InChI is InChI=1S/C14H31NOSi/c1-14(2,3)17(4,5)16-13-10-6-8-12(15)9-7-11-13/h12-13H,6-11,15H2,1-5H3/t12-,13-. The molecule has 3 heteroatoms. The molecule has 0 radical (unpaired) electrons. The van der Waals surface area contributed by atoms with E-state index < -0.39 is 8.32 Å². The van der Waals surface area contributed by atoms with Gasteiger partial charge in [-0.25, -0.2) is 0 Å². The molecule has 0 spiro atoms. The van der Waals surface area contributed by atoms with Crippen LogP contribution in [0.15, 0.2) is 0 Å². The highest BCUT2D eigenvalue weighted by Gasteiger charge is 2.39. The Hall–Kier alpha value is 0.137. The first kappa shape index (κ1) is 15.2. The van der Waals surface area contributed by atoms with E-state index in [1.165, 1.54) is 38.5 Å². The minimum atomic E-state index is -1.58. The van der Waals surface area contributed by atoms with Gasteiger partial charge in [-0.15, -0.1) is 0 Å². The minimum absolute atomic E-state index is 0.325. The van der Waals surface area contributed by atoms with E-state index in [1.807, 2.05) is 0 Å². The normalized spacial score (nSPS) is 28.6. The second kappa shape index (κ2) is 5.85. The molecule has 0 aliphatic heterocycles. The van der Waals surface area contributed by atoms with E-state index in [1.54, 1.807) is 0 Å². The summed E-state index contributed by atoms with van der Waals surface area (Å²) in [5.74, 6) is 0. The summed E-state index contributed by atoms with van der Waals surface area (Å²) in [7, 11) is -1.58. The van der Waals surface area contributed by atoms with Gasteiger partial charge in [0.15, 0.2) is 8.32 Å². The minimum Gasteiger partial charge on any atom is -0.414 e. The molecular formula is C14H31NOSi. The van der Waals surface area contributed by atoms with Crippen LogP contribution in [0.5, 0.6) is 0 Å². The molecule has 1 saturated carbocycles. The van der Waals surface area contributed by atoms with Crippen molar-refractivity contribution >= 4 is 8.32 Å². The van der Waals surface area contributed by atoms with Gasteiger partial charge in [0.05, 0.1) is 0 Å². The zero-order valence-corrected chi connectivity index (χ0v) is 13.4. The van der Waals surface area contributed by atoms with Crippen LogP contribution in [-0.4, -0.2) is 20.5 Å². The highest BCUT2D eigenvalue weighted by atomic mass is 28.4. The first-order valence-corrected chi connectivity index (χ1v) is 10.1. The van der Waals surface area contributed by atoms with Gasteiger partial charge in [-0.2, -0.15) is 0 Å². The van der Waals surface area contributed by atoms with E-state index in [0.717, 1.165) is 0 Å². The molecule has 2 nitrogen and oxygen atoms in total. The topological polar surface area (TPSA) is 35.2 Å². The smallest absolute Gasteiger partial charge is 0.192 e. The molecule has 0 aromatic heterocycles. The van der Waals surface area contributed by atoms with E-state index in [0.29, 0.717) is 17.2 Å². The fraction of sp³-hybridized carbons (Fsp3) is 1.00. The van der Waals surface area contributed by atoms with Crippen molar-refractivity contribution in [3.05, 3.63) is 0 Å². The van der Waals surface area contributed by atoms with Gasteiger partial charge in [0.25, 0.3) is 0 Å². The van der Waals surface area contributed by atoms with Crippen molar-refractivity contribution in [2.75, 3.05) is 0 Å². The fourth-order valence-corrected chi connectivity index (χ4v) is 3.64. The van der Waals surface area contributed by atoms with Crippen molar-refractivity contribution in [3.63, 3.8) is 0 Å². The second-order valence-electron chi connectivity index (χ2n) is 7.12. The molecule has 1 fully saturated rings. The average molecular weight is 257 g/mol. The third kappa shape index (κ3) is 4.72. The van der Waals surface area contributed by atoms with Crippen LogP contribution in [0.3, 0.4) is 0 Å². The first-order chi connectivity index (χ1) is 7.72. The van der Waals surface area contributed by atoms with Crippen LogP contribution >= 0.6 is 0 Å². The predicted molar refractivity (Wildman–Crippen MR) is 77.7 cm³/mol. The summed E-state index contributed by atoms with van der Waals surface area (Å²) in [6.45, 7) is 11.7. The zero-order chi connectivity index (χ0) is 13.1. The van der Waals surface area contributed by atoms with E-state index >= 15 is 0 Å². The second-order valence-corrected chi connectivity index (χ2v) is 11.9. The molecule has 0 heterocycles. The van der Waals surface area contributed by atoms with Crippen molar-refractivity contribution in [1.29, 1.82) is 0 Å². The summed E-state index contributed by atoms with van der Waals surface area (Å²) < 4.78 is 6.51. The molecule has 0 unspecified atom stereocenters. The van der Waals surface area contributed by atoms with Crippen molar-refractivity contribution in [3.8, 4) is 0 Å². The highest BCUT2D eigenvalue weighted by molar-refractivity contribution is 6.74. The van der Waals surface area contributed by atoms with Gasteiger partial charge in [0.1, 0.15) is 0 Å². The van der Waals surface area contributed by atoms with Gasteiger partial charge in [-0.05, 0) is 56.7 Å². The number of hydrogen-bond acceptors (Lipinski definition) is 2. The van der Waals surface area contributed by atoms with Crippen LogP contribution < -0.4 is 5.73 Å². The molecule has 0 bridgehead atoms. The van der Waals surface area contributed by atoms with Crippen molar-refractivity contribution in [2.45, 2.75) is 89.6 Å². The lowest BCUT2D eigenvalue weighted by Gasteiger charge is -2.40. The lowest BCUT2D eigenvalue weighted by molar-refractivity contribution is 0.146. The summed E-state index contributed by atoms with van der Waals surface area (Å²) in [5, 5.41) is 0.325. The number of nitrogens with two attached hydrogens (primary N) is 1. The zero-order valence-electron chi connectivity index (χ0n) is 12.4. The Labute approximate surface area is 108 Å². The maximum atomic E-state index is 6.51. The Kier molecular flexibility index (Phi) is 5.23. The molecule has 102 valence electrons. The molecule has 17 heavy (non-hydrogen) atoms. The number of hydrogen-bond donors (Lipinski definition) is 1. The SMILES string of the molecule is CC(C)(C)[Si](C)(C)O[C@H]1CCC[C@H](N)CCC1. The molecule has 1 aliphatic carbocycles. The maximum Gasteiger partial charge on any atom is 0.192 e. The maximum absolute atomic E-state index is 6.51. The Morgan fingerprint density at radius 3 is 1.88 bits per heavy atom. The molecule has 1 rings (SSSR count). The van der Waals surface area contributed by atoms with E-state index in [2.05, 4.69) is 33.9 Å². The highest BCUT2D eigenvalue weighted by Crippen LogP contribution is 2.38. The van der Waals surface area contributed by atoms with Crippen LogP contribution in [0.4, 0.5) is 0 Å². The van der Waals surface area contributed by atoms with Crippen molar-refractivity contribution in [1.82, 2.24) is 0 Å². The third-order valence-electron chi connectivity index (χ3n) is 4.47. The van der Waals surface area contributed by atoms with Gasteiger partial charge in [0, 0.05) is 12.1 Å². The third-order valence-corrected chi connectivity index (χ3v) is 9.00. The Morgan fingerprint density at radius 1 is 1.00 bits per heavy atom. The Bertz CT molecular complexity index is 225. The van der Waals surface area contributed by atoms with Crippen LogP contribution in [0, 0.1) is 0 Å². The fourth-order valence-electron chi connectivity index (χ4n) is 2.22. The van der Waals surface area contributed by atoms with Crippen LogP contribution in [0.1, 0.15) is 59.3 Å². The molecular weight excluding hydrogens is 226 g/mol. The van der Waals surface area contributed by atoms with Gasteiger partial charge in [0.2, 0.25) is 0 Å². The molecule has 0 atom stereocenters. The number of rotatable bonds is 2. The summed E-state index contributed by atoms with van der Waals surface area (Å²) >= 11 is 0. The summed E-state index contributed by atoms with van der Waals surface area (Å²) in [6.07, 6.45) is 7.74. The Morgan fingerprint density at radius 2 is 1.47 bits per heavy atom. The molecule has 0 aromatic carbocycles. The van der Waals surface area contributed by atoms with Gasteiger partial charge >= 0.3 is 0 Å². The first-order valence-electron chi connectivity index (χ1n) is 7.16. The predicted octanol–water partition coefficient (Wildman–Crippen LogP) is 4.06. The van der Waals surface area contributed by atoms with Crippen molar-refractivity contribution in [2.24, 2.45) is 5.73 Å². The van der Waals surface area contributed by atoms with Gasteiger partial charge < -0.3 is 10.2 Å². The monoisotopic (exact) mass is 257 g/mol. The van der Waals surface area contributed by atoms with Crippen LogP contribution in [0.25, 0.3) is 0 Å². The molecule has 0 amide bonds. The summed E-state index contributed by atoms with van der Waals surface area (Å²) in [6, 6.07) is 0.434. The molecule has 2 N–H and O–H groups in total. The Balaban J connectivity index is 2.50. The largest absolute Gasteiger partial charge is 0.414 e. The van der Waals surface area contributed by atoms with E-state index in [-0.39, 0.29) is 0 Å². The van der Waals surface area contributed by atoms with Gasteiger partial charge in [-0.1, -0.05) is 20.8 Å². The van der Waals surface area contributed by atoms with Crippen LogP contribution in [-0.2, 0) is 4.43 Å². The van der Waals surface area contributed by atoms with E-state index in [9.17, 15) is 0 Å². The van der Waals surface area contributed by atoms with Crippen molar-refractivity contribution < 1.29 is 4.43 Å². The summed E-state index contributed by atoms with van der Waals surface area (Å²) in [4.78, 5) is 0. The molecule has 0 aromatic rings.